The summed E-state index contributed by atoms with van der Waals surface area (Å²) in [6.45, 7) is -0.250. The molecule has 0 saturated carbocycles. The van der Waals surface area contributed by atoms with E-state index < -0.39 is 5.82 Å². The van der Waals surface area contributed by atoms with Gasteiger partial charge in [-0.15, -0.1) is 0 Å². The largest absolute Gasteiger partial charge is 0.340 e. The van der Waals surface area contributed by atoms with E-state index in [2.05, 4.69) is 5.10 Å². The van der Waals surface area contributed by atoms with Crippen molar-refractivity contribution in [3.63, 3.8) is 0 Å². The number of hydrogen-bond acceptors (Lipinski definition) is 3. The van der Waals surface area contributed by atoms with Gasteiger partial charge in [0.2, 0.25) is 5.91 Å². The quantitative estimate of drug-likeness (QED) is 0.676. The lowest BCUT2D eigenvalue weighted by Crippen LogP contribution is -2.34. The third-order valence-electron chi connectivity index (χ3n) is 4.10. The summed E-state index contributed by atoms with van der Waals surface area (Å²) in [5, 5.41) is 4.51. The van der Waals surface area contributed by atoms with Gasteiger partial charge in [-0.2, -0.15) is 5.10 Å². The van der Waals surface area contributed by atoms with Crippen molar-refractivity contribution in [2.45, 2.75) is 13.1 Å². The van der Waals surface area contributed by atoms with E-state index in [9.17, 15) is 14.0 Å². The second-order valence-electron chi connectivity index (χ2n) is 6.03. The van der Waals surface area contributed by atoms with Crippen LogP contribution in [0.25, 0.3) is 11.3 Å². The zero-order valence-electron chi connectivity index (χ0n) is 14.6. The van der Waals surface area contributed by atoms with E-state index >= 15 is 0 Å². The highest BCUT2D eigenvalue weighted by atomic mass is 35.5. The van der Waals surface area contributed by atoms with Gasteiger partial charge >= 0.3 is 0 Å². The molecule has 1 aromatic heterocycles. The van der Waals surface area contributed by atoms with Crippen LogP contribution in [0.15, 0.2) is 65.5 Å². The van der Waals surface area contributed by atoms with Crippen LogP contribution in [0.2, 0.25) is 5.02 Å². The molecule has 0 radical (unpaired) electrons. The average molecular weight is 386 g/mol. The first-order valence-corrected chi connectivity index (χ1v) is 8.64. The minimum atomic E-state index is -0.483. The predicted molar refractivity (Wildman–Crippen MR) is 102 cm³/mol. The SMILES string of the molecule is CN(Cc1c(F)cccc1Cl)C(=O)Cn1nc(-c2ccccc2)ccc1=O. The molecule has 0 fully saturated rings. The molecule has 0 bridgehead atoms. The van der Waals surface area contributed by atoms with Crippen LogP contribution in [0.1, 0.15) is 5.56 Å². The zero-order valence-corrected chi connectivity index (χ0v) is 15.4. The first-order chi connectivity index (χ1) is 13.0. The monoisotopic (exact) mass is 385 g/mol. The van der Waals surface area contributed by atoms with Gasteiger partial charge in [0.1, 0.15) is 12.4 Å². The van der Waals surface area contributed by atoms with Crippen molar-refractivity contribution in [2.75, 3.05) is 7.05 Å². The Hall–Kier alpha value is -2.99. The Labute approximate surface area is 160 Å². The van der Waals surface area contributed by atoms with E-state index in [4.69, 9.17) is 11.6 Å². The maximum Gasteiger partial charge on any atom is 0.267 e. The highest BCUT2D eigenvalue weighted by Gasteiger charge is 2.16. The van der Waals surface area contributed by atoms with Crippen LogP contribution >= 0.6 is 11.6 Å². The van der Waals surface area contributed by atoms with Gasteiger partial charge in [-0.05, 0) is 18.2 Å². The van der Waals surface area contributed by atoms with Crippen molar-refractivity contribution in [1.29, 1.82) is 0 Å². The Morgan fingerprint density at radius 1 is 1.11 bits per heavy atom. The van der Waals surface area contributed by atoms with E-state index in [1.165, 1.54) is 30.1 Å². The molecular weight excluding hydrogens is 369 g/mol. The number of nitrogens with zero attached hydrogens (tertiary/aromatic N) is 3. The van der Waals surface area contributed by atoms with Crippen LogP contribution in [-0.2, 0) is 17.9 Å². The molecule has 0 N–H and O–H groups in total. The Bertz CT molecular complexity index is 1000. The summed E-state index contributed by atoms with van der Waals surface area (Å²) in [7, 11) is 1.52. The molecule has 3 aromatic rings. The van der Waals surface area contributed by atoms with Crippen LogP contribution in [0, 0.1) is 5.82 Å². The number of rotatable bonds is 5. The van der Waals surface area contributed by atoms with Crippen molar-refractivity contribution in [3.05, 3.63) is 87.4 Å². The second kappa shape index (κ2) is 8.14. The fourth-order valence-electron chi connectivity index (χ4n) is 2.58. The molecule has 0 spiro atoms. The molecule has 1 heterocycles. The summed E-state index contributed by atoms with van der Waals surface area (Å²) in [5.41, 5.74) is 1.27. The molecule has 0 aliphatic carbocycles. The van der Waals surface area contributed by atoms with Gasteiger partial charge in [0.25, 0.3) is 5.56 Å². The summed E-state index contributed by atoms with van der Waals surface area (Å²) < 4.78 is 15.0. The third kappa shape index (κ3) is 4.41. The number of hydrogen-bond donors (Lipinski definition) is 0. The second-order valence-corrected chi connectivity index (χ2v) is 6.44. The van der Waals surface area contributed by atoms with Crippen molar-refractivity contribution >= 4 is 17.5 Å². The third-order valence-corrected chi connectivity index (χ3v) is 4.46. The summed E-state index contributed by atoms with van der Waals surface area (Å²) in [5.74, 6) is -0.863. The van der Waals surface area contributed by atoms with E-state index in [1.807, 2.05) is 30.3 Å². The number of carbonyl (C=O) groups is 1. The standard InChI is InChI=1S/C20H17ClFN3O2/c1-24(12-15-16(21)8-5-9-17(15)22)20(27)13-25-19(26)11-10-18(23-25)14-6-3-2-4-7-14/h2-11H,12-13H2,1H3. The number of benzene rings is 2. The maximum absolute atomic E-state index is 13.9. The number of carbonyl (C=O) groups excluding carboxylic acids is 1. The minimum absolute atomic E-state index is 0.00251. The molecule has 0 aliphatic heterocycles. The molecule has 0 saturated heterocycles. The average Bonchev–Trinajstić information content (AvgIpc) is 2.67. The van der Waals surface area contributed by atoms with Gasteiger partial charge in [0.05, 0.1) is 5.69 Å². The van der Waals surface area contributed by atoms with Crippen LogP contribution < -0.4 is 5.56 Å². The van der Waals surface area contributed by atoms with Crippen molar-refractivity contribution in [2.24, 2.45) is 0 Å². The first kappa shape index (κ1) is 18.8. The first-order valence-electron chi connectivity index (χ1n) is 8.26. The lowest BCUT2D eigenvalue weighted by molar-refractivity contribution is -0.131. The summed E-state index contributed by atoms with van der Waals surface area (Å²) >= 11 is 6.01. The molecule has 5 nitrogen and oxygen atoms in total. The Balaban J connectivity index is 1.78. The van der Waals surface area contributed by atoms with Gasteiger partial charge in [-0.3, -0.25) is 9.59 Å². The highest BCUT2D eigenvalue weighted by Crippen LogP contribution is 2.20. The van der Waals surface area contributed by atoms with Crippen LogP contribution in [-0.4, -0.2) is 27.6 Å². The van der Waals surface area contributed by atoms with Crippen molar-refractivity contribution in [3.8, 4) is 11.3 Å². The van der Waals surface area contributed by atoms with Crippen molar-refractivity contribution < 1.29 is 9.18 Å². The number of halogens is 2. The molecule has 27 heavy (non-hydrogen) atoms. The molecule has 2 aromatic carbocycles. The minimum Gasteiger partial charge on any atom is -0.340 e. The Kier molecular flexibility index (Phi) is 5.66. The van der Waals surface area contributed by atoms with Crippen LogP contribution in [0.3, 0.4) is 0 Å². The van der Waals surface area contributed by atoms with Gasteiger partial charge < -0.3 is 4.90 Å². The Morgan fingerprint density at radius 3 is 2.56 bits per heavy atom. The summed E-state index contributed by atoms with van der Waals surface area (Å²) in [6.07, 6.45) is 0. The molecule has 0 atom stereocenters. The Morgan fingerprint density at radius 2 is 1.85 bits per heavy atom. The molecule has 0 aliphatic rings. The van der Waals surface area contributed by atoms with Crippen molar-refractivity contribution in [1.82, 2.24) is 14.7 Å². The lowest BCUT2D eigenvalue weighted by atomic mass is 10.1. The lowest BCUT2D eigenvalue weighted by Gasteiger charge is -2.19. The van der Waals surface area contributed by atoms with E-state index in [0.29, 0.717) is 5.69 Å². The van der Waals surface area contributed by atoms with Gasteiger partial charge in [-0.1, -0.05) is 48.0 Å². The molecule has 1 amide bonds. The van der Waals surface area contributed by atoms with Gasteiger partial charge in [-0.25, -0.2) is 9.07 Å². The number of aromatic nitrogens is 2. The molecule has 0 unspecified atom stereocenters. The number of likely N-dealkylation sites (N-methyl/N-ethyl adjacent to an activating group) is 1. The fraction of sp³-hybridized carbons (Fsp3) is 0.150. The maximum atomic E-state index is 13.9. The molecule has 3 rings (SSSR count). The van der Waals surface area contributed by atoms with E-state index in [0.717, 1.165) is 10.2 Å². The topological polar surface area (TPSA) is 55.2 Å². The summed E-state index contributed by atoms with van der Waals surface area (Å²) in [6, 6.07) is 16.7. The number of amides is 1. The normalized spacial score (nSPS) is 10.6. The van der Waals surface area contributed by atoms with E-state index in [1.54, 1.807) is 12.1 Å². The van der Waals surface area contributed by atoms with E-state index in [-0.39, 0.29) is 35.1 Å². The van der Waals surface area contributed by atoms with Gasteiger partial charge in [0.15, 0.2) is 0 Å². The molecule has 138 valence electrons. The smallest absolute Gasteiger partial charge is 0.267 e. The molecular formula is C20H17ClFN3O2. The fourth-order valence-corrected chi connectivity index (χ4v) is 2.81. The predicted octanol–water partition coefficient (Wildman–Crippen LogP) is 3.36. The summed E-state index contributed by atoms with van der Waals surface area (Å²) in [4.78, 5) is 25.9. The van der Waals surface area contributed by atoms with Crippen LogP contribution in [0.5, 0.6) is 0 Å². The van der Waals surface area contributed by atoms with Crippen LogP contribution in [0.4, 0.5) is 4.39 Å². The zero-order chi connectivity index (χ0) is 19.4. The highest BCUT2D eigenvalue weighted by molar-refractivity contribution is 6.31. The van der Waals surface area contributed by atoms with Gasteiger partial charge in [0, 0.05) is 35.8 Å². The molecule has 7 heteroatoms.